The third-order valence-electron chi connectivity index (χ3n) is 3.49. The molecule has 0 bridgehead atoms. The molecule has 3 aromatic rings. The van der Waals surface area contributed by atoms with E-state index in [0.29, 0.717) is 13.0 Å². The molecule has 1 N–H and O–H groups in total. The molecule has 0 aliphatic heterocycles. The first kappa shape index (κ1) is 14.7. The van der Waals surface area contributed by atoms with Gasteiger partial charge in [-0.1, -0.05) is 12.1 Å². The summed E-state index contributed by atoms with van der Waals surface area (Å²) in [5.74, 6) is 0.773. The fourth-order valence-corrected chi connectivity index (χ4v) is 3.38. The summed E-state index contributed by atoms with van der Waals surface area (Å²) in [6.07, 6.45) is 3.37. The van der Waals surface area contributed by atoms with Crippen molar-refractivity contribution >= 4 is 21.1 Å². The zero-order valence-electron chi connectivity index (χ0n) is 12.4. The standard InChI is InChI=1S/C14H17N5O2S/c1-18-10-11(9-15-18)22(20,21)19(2)8-7-14-16-12-5-3-4-6-13(12)17-14/h3-6,9-10H,7-8H2,1-2H3,(H,16,17). The molecule has 3 rings (SSSR count). The van der Waals surface area contributed by atoms with Gasteiger partial charge in [0.25, 0.3) is 0 Å². The highest BCUT2D eigenvalue weighted by atomic mass is 32.2. The molecule has 0 unspecified atom stereocenters. The van der Waals surface area contributed by atoms with Crippen molar-refractivity contribution in [2.75, 3.05) is 13.6 Å². The van der Waals surface area contributed by atoms with Crippen molar-refractivity contribution in [2.45, 2.75) is 11.3 Å². The van der Waals surface area contributed by atoms with Gasteiger partial charge < -0.3 is 4.98 Å². The van der Waals surface area contributed by atoms with E-state index in [2.05, 4.69) is 15.1 Å². The zero-order chi connectivity index (χ0) is 15.7. The molecule has 0 atom stereocenters. The summed E-state index contributed by atoms with van der Waals surface area (Å²) in [7, 11) is -0.262. The molecule has 2 aromatic heterocycles. The van der Waals surface area contributed by atoms with Crippen LogP contribution in [0.3, 0.4) is 0 Å². The molecule has 0 aliphatic carbocycles. The van der Waals surface area contributed by atoms with Gasteiger partial charge in [-0.2, -0.15) is 5.10 Å². The maximum absolute atomic E-state index is 12.4. The average Bonchev–Trinajstić information content (AvgIpc) is 3.10. The maximum atomic E-state index is 12.4. The minimum absolute atomic E-state index is 0.196. The van der Waals surface area contributed by atoms with Crippen LogP contribution in [0.5, 0.6) is 0 Å². The van der Waals surface area contributed by atoms with Gasteiger partial charge in [0.1, 0.15) is 10.7 Å². The molecule has 7 nitrogen and oxygen atoms in total. The maximum Gasteiger partial charge on any atom is 0.245 e. The molecule has 8 heteroatoms. The Bertz CT molecular complexity index is 864. The number of benzene rings is 1. The van der Waals surface area contributed by atoms with Crippen LogP contribution in [-0.4, -0.2) is 46.1 Å². The number of H-pyrrole nitrogens is 1. The molecule has 22 heavy (non-hydrogen) atoms. The SMILES string of the molecule is CN(CCc1nc2ccccc2[nH]1)S(=O)(=O)c1cnn(C)c1. The average molecular weight is 319 g/mol. The molecular formula is C14H17N5O2S. The number of aromatic amines is 1. The molecule has 0 radical (unpaired) electrons. The number of aromatic nitrogens is 4. The Hall–Kier alpha value is -2.19. The van der Waals surface area contributed by atoms with Gasteiger partial charge in [0, 0.05) is 33.3 Å². The number of fused-ring (bicyclic) bond motifs is 1. The van der Waals surface area contributed by atoms with E-state index >= 15 is 0 Å². The lowest BCUT2D eigenvalue weighted by molar-refractivity contribution is 0.469. The van der Waals surface area contributed by atoms with Gasteiger partial charge >= 0.3 is 0 Å². The van der Waals surface area contributed by atoms with E-state index in [-0.39, 0.29) is 4.90 Å². The van der Waals surface area contributed by atoms with Gasteiger partial charge in [-0.15, -0.1) is 0 Å². The van der Waals surface area contributed by atoms with E-state index in [4.69, 9.17) is 0 Å². The first-order valence-corrected chi connectivity index (χ1v) is 8.29. The van der Waals surface area contributed by atoms with Crippen LogP contribution in [0.25, 0.3) is 11.0 Å². The largest absolute Gasteiger partial charge is 0.342 e. The third kappa shape index (κ3) is 2.75. The van der Waals surface area contributed by atoms with Gasteiger partial charge in [0.2, 0.25) is 10.0 Å². The Kier molecular flexibility index (Phi) is 3.71. The van der Waals surface area contributed by atoms with Gasteiger partial charge in [-0.3, -0.25) is 4.68 Å². The zero-order valence-corrected chi connectivity index (χ0v) is 13.2. The van der Waals surface area contributed by atoms with Crippen molar-refractivity contribution in [1.29, 1.82) is 0 Å². The summed E-state index contributed by atoms with van der Waals surface area (Å²) in [6, 6.07) is 7.72. The molecule has 1 aromatic carbocycles. The number of rotatable bonds is 5. The van der Waals surface area contributed by atoms with Crippen molar-refractivity contribution in [3.05, 3.63) is 42.5 Å². The van der Waals surface area contributed by atoms with Crippen LogP contribution >= 0.6 is 0 Å². The summed E-state index contributed by atoms with van der Waals surface area (Å²) in [4.78, 5) is 7.84. The van der Waals surface area contributed by atoms with Crippen molar-refractivity contribution < 1.29 is 8.42 Å². The Balaban J connectivity index is 1.72. The first-order valence-electron chi connectivity index (χ1n) is 6.85. The molecule has 0 spiro atoms. The Labute approximate surface area is 128 Å². The molecule has 0 saturated heterocycles. The van der Waals surface area contributed by atoms with Crippen LogP contribution in [0.2, 0.25) is 0 Å². The smallest absolute Gasteiger partial charge is 0.245 e. The predicted octanol–water partition coefficient (Wildman–Crippen LogP) is 1.16. The second-order valence-corrected chi connectivity index (χ2v) is 7.17. The van der Waals surface area contributed by atoms with E-state index < -0.39 is 10.0 Å². The molecule has 0 amide bonds. The lowest BCUT2D eigenvalue weighted by Crippen LogP contribution is -2.29. The summed E-state index contributed by atoms with van der Waals surface area (Å²) in [5, 5.41) is 3.90. The number of aryl methyl sites for hydroxylation is 1. The molecular weight excluding hydrogens is 302 g/mol. The van der Waals surface area contributed by atoms with Gasteiger partial charge in [-0.05, 0) is 12.1 Å². The number of nitrogens with one attached hydrogen (secondary N) is 1. The molecule has 0 fully saturated rings. The Morgan fingerprint density at radius 3 is 2.77 bits per heavy atom. The highest BCUT2D eigenvalue weighted by Gasteiger charge is 2.22. The molecule has 116 valence electrons. The normalized spacial score (nSPS) is 12.3. The summed E-state index contributed by atoms with van der Waals surface area (Å²) in [5.41, 5.74) is 1.84. The summed E-state index contributed by atoms with van der Waals surface area (Å²) >= 11 is 0. The topological polar surface area (TPSA) is 83.9 Å². The van der Waals surface area contributed by atoms with Crippen LogP contribution in [0, 0.1) is 0 Å². The van der Waals surface area contributed by atoms with Gasteiger partial charge in [-0.25, -0.2) is 17.7 Å². The fraction of sp³-hybridized carbons (Fsp3) is 0.286. The van der Waals surface area contributed by atoms with Crippen LogP contribution in [0.4, 0.5) is 0 Å². The van der Waals surface area contributed by atoms with Gasteiger partial charge in [0.05, 0.1) is 17.2 Å². The van der Waals surface area contributed by atoms with Crippen LogP contribution in [-0.2, 0) is 23.5 Å². The monoisotopic (exact) mass is 319 g/mol. The number of hydrogen-bond acceptors (Lipinski definition) is 4. The highest BCUT2D eigenvalue weighted by Crippen LogP contribution is 2.14. The lowest BCUT2D eigenvalue weighted by atomic mass is 10.3. The second kappa shape index (κ2) is 5.54. The third-order valence-corrected chi connectivity index (χ3v) is 5.30. The number of hydrogen-bond donors (Lipinski definition) is 1. The van der Waals surface area contributed by atoms with Crippen LogP contribution in [0.1, 0.15) is 5.82 Å². The number of likely N-dealkylation sites (N-methyl/N-ethyl adjacent to an activating group) is 1. The Morgan fingerprint density at radius 2 is 2.09 bits per heavy atom. The van der Waals surface area contributed by atoms with Crippen LogP contribution < -0.4 is 0 Å². The summed E-state index contributed by atoms with van der Waals surface area (Å²) in [6.45, 7) is 0.344. The Morgan fingerprint density at radius 1 is 1.32 bits per heavy atom. The van der Waals surface area contributed by atoms with E-state index in [1.54, 1.807) is 14.1 Å². The summed E-state index contributed by atoms with van der Waals surface area (Å²) < 4.78 is 27.6. The van der Waals surface area contributed by atoms with Crippen molar-refractivity contribution in [3.8, 4) is 0 Å². The highest BCUT2D eigenvalue weighted by molar-refractivity contribution is 7.89. The lowest BCUT2D eigenvalue weighted by Gasteiger charge is -2.14. The van der Waals surface area contributed by atoms with Crippen molar-refractivity contribution in [3.63, 3.8) is 0 Å². The van der Waals surface area contributed by atoms with Gasteiger partial charge in [0.15, 0.2) is 0 Å². The fourth-order valence-electron chi connectivity index (χ4n) is 2.22. The van der Waals surface area contributed by atoms with Crippen molar-refractivity contribution in [1.82, 2.24) is 24.1 Å². The van der Waals surface area contributed by atoms with E-state index in [0.717, 1.165) is 16.9 Å². The number of para-hydroxylation sites is 2. The number of nitrogens with zero attached hydrogens (tertiary/aromatic N) is 4. The number of imidazole rings is 1. The van der Waals surface area contributed by atoms with Crippen LogP contribution in [0.15, 0.2) is 41.6 Å². The second-order valence-electron chi connectivity index (χ2n) is 5.13. The first-order chi connectivity index (χ1) is 10.5. The minimum atomic E-state index is -3.51. The minimum Gasteiger partial charge on any atom is -0.342 e. The predicted molar refractivity (Wildman–Crippen MR) is 82.8 cm³/mol. The molecule has 0 aliphatic rings. The van der Waals surface area contributed by atoms with E-state index in [1.165, 1.54) is 21.4 Å². The van der Waals surface area contributed by atoms with E-state index in [1.807, 2.05) is 24.3 Å². The molecule has 2 heterocycles. The molecule has 0 saturated carbocycles. The van der Waals surface area contributed by atoms with E-state index in [9.17, 15) is 8.42 Å². The van der Waals surface area contributed by atoms with Crippen molar-refractivity contribution in [2.24, 2.45) is 7.05 Å². The number of sulfonamides is 1. The quantitative estimate of drug-likeness (QED) is 0.765.